The fourth-order valence-electron chi connectivity index (χ4n) is 1.47. The van der Waals surface area contributed by atoms with Crippen molar-refractivity contribution < 1.29 is 9.50 Å². The van der Waals surface area contributed by atoms with Crippen LogP contribution in [-0.4, -0.2) is 11.7 Å². The highest BCUT2D eigenvalue weighted by Crippen LogP contribution is 2.27. The summed E-state index contributed by atoms with van der Waals surface area (Å²) >= 11 is 0. The summed E-state index contributed by atoms with van der Waals surface area (Å²) in [7, 11) is 0. The van der Waals surface area contributed by atoms with Gasteiger partial charge in [0.05, 0.1) is 5.60 Å². The molecule has 2 nitrogen and oxygen atoms in total. The van der Waals surface area contributed by atoms with Crippen LogP contribution < -0.4 is 5.73 Å². The summed E-state index contributed by atoms with van der Waals surface area (Å²) in [5, 5.41) is 9.97. The Morgan fingerprint density at radius 1 is 1.50 bits per heavy atom. The highest BCUT2D eigenvalue weighted by atomic mass is 19.1. The van der Waals surface area contributed by atoms with Crippen molar-refractivity contribution in [1.29, 1.82) is 0 Å². The molecule has 14 heavy (non-hydrogen) atoms. The first-order valence-electron chi connectivity index (χ1n) is 4.66. The first-order chi connectivity index (χ1) is 6.47. The van der Waals surface area contributed by atoms with E-state index in [4.69, 9.17) is 5.73 Å². The first-order valence-corrected chi connectivity index (χ1v) is 4.66. The molecule has 0 radical (unpaired) electrons. The molecule has 1 aromatic rings. The van der Waals surface area contributed by atoms with Crippen molar-refractivity contribution in [3.63, 3.8) is 0 Å². The third-order valence-electron chi connectivity index (χ3n) is 2.33. The fourth-order valence-corrected chi connectivity index (χ4v) is 1.47. The predicted octanol–water partition coefficient (Wildman–Crippen LogP) is 1.69. The Balaban J connectivity index is 3.10. The zero-order valence-corrected chi connectivity index (χ0v) is 8.55. The van der Waals surface area contributed by atoms with Crippen LogP contribution in [0, 0.1) is 12.7 Å². The second-order valence-corrected chi connectivity index (χ2v) is 3.80. The largest absolute Gasteiger partial charge is 0.385 e. The van der Waals surface area contributed by atoms with E-state index in [0.29, 0.717) is 18.5 Å². The van der Waals surface area contributed by atoms with E-state index in [1.165, 1.54) is 6.07 Å². The van der Waals surface area contributed by atoms with Crippen LogP contribution in [0.5, 0.6) is 0 Å². The van der Waals surface area contributed by atoms with Crippen LogP contribution >= 0.6 is 0 Å². The van der Waals surface area contributed by atoms with E-state index in [0.717, 1.165) is 5.56 Å². The van der Waals surface area contributed by atoms with Crippen LogP contribution in [0.15, 0.2) is 18.2 Å². The smallest absolute Gasteiger partial charge is 0.129 e. The third kappa shape index (κ3) is 2.30. The number of rotatable bonds is 3. The molecule has 0 spiro atoms. The Morgan fingerprint density at radius 3 is 2.71 bits per heavy atom. The lowest BCUT2D eigenvalue weighted by Crippen LogP contribution is -2.26. The molecule has 0 amide bonds. The van der Waals surface area contributed by atoms with E-state index in [1.807, 2.05) is 6.92 Å². The van der Waals surface area contributed by atoms with Gasteiger partial charge in [0, 0.05) is 5.56 Å². The number of benzene rings is 1. The van der Waals surface area contributed by atoms with Crippen LogP contribution in [0.1, 0.15) is 24.5 Å². The summed E-state index contributed by atoms with van der Waals surface area (Å²) in [5.41, 5.74) is 5.43. The second kappa shape index (κ2) is 4.07. The maximum absolute atomic E-state index is 13.4. The Bertz CT molecular complexity index is 323. The van der Waals surface area contributed by atoms with E-state index in [9.17, 15) is 9.50 Å². The van der Waals surface area contributed by atoms with Gasteiger partial charge in [0.2, 0.25) is 0 Å². The van der Waals surface area contributed by atoms with Crippen molar-refractivity contribution in [1.82, 2.24) is 0 Å². The monoisotopic (exact) mass is 197 g/mol. The standard InChI is InChI=1S/C11H16FNO/c1-8-3-4-10(12)9(7-8)11(2,14)5-6-13/h3-4,7,14H,5-6,13H2,1-2H3. The molecule has 1 unspecified atom stereocenters. The van der Waals surface area contributed by atoms with Gasteiger partial charge in [0.25, 0.3) is 0 Å². The van der Waals surface area contributed by atoms with Crippen molar-refractivity contribution >= 4 is 0 Å². The molecule has 3 N–H and O–H groups in total. The van der Waals surface area contributed by atoms with Crippen LogP contribution in [0.3, 0.4) is 0 Å². The van der Waals surface area contributed by atoms with Gasteiger partial charge in [0.1, 0.15) is 5.82 Å². The van der Waals surface area contributed by atoms with Gasteiger partial charge in [-0.25, -0.2) is 4.39 Å². The van der Waals surface area contributed by atoms with E-state index < -0.39 is 5.60 Å². The Hall–Kier alpha value is -0.930. The zero-order chi connectivity index (χ0) is 10.8. The maximum atomic E-state index is 13.4. The lowest BCUT2D eigenvalue weighted by atomic mass is 9.91. The molecule has 0 aromatic heterocycles. The molecule has 0 aliphatic heterocycles. The summed E-state index contributed by atoms with van der Waals surface area (Å²) in [6, 6.07) is 4.71. The van der Waals surface area contributed by atoms with Crippen molar-refractivity contribution in [2.24, 2.45) is 5.73 Å². The molecule has 3 heteroatoms. The first kappa shape index (κ1) is 11.1. The van der Waals surface area contributed by atoms with Crippen LogP contribution in [0.2, 0.25) is 0 Å². The Kier molecular flexibility index (Phi) is 3.24. The van der Waals surface area contributed by atoms with Crippen LogP contribution in [0.4, 0.5) is 4.39 Å². The molecule has 0 saturated carbocycles. The van der Waals surface area contributed by atoms with Gasteiger partial charge >= 0.3 is 0 Å². The molecule has 0 bridgehead atoms. The average molecular weight is 197 g/mol. The van der Waals surface area contributed by atoms with Gasteiger partial charge in [-0.15, -0.1) is 0 Å². The molecule has 78 valence electrons. The Labute approximate surface area is 83.6 Å². The number of nitrogens with two attached hydrogens (primary N) is 1. The zero-order valence-electron chi connectivity index (χ0n) is 8.55. The lowest BCUT2D eigenvalue weighted by Gasteiger charge is -2.23. The molecule has 1 atom stereocenters. The molecule has 0 fully saturated rings. The van der Waals surface area contributed by atoms with Gasteiger partial charge in [-0.3, -0.25) is 0 Å². The van der Waals surface area contributed by atoms with E-state index in [-0.39, 0.29) is 5.82 Å². The minimum atomic E-state index is -1.18. The highest BCUT2D eigenvalue weighted by molar-refractivity contribution is 5.28. The average Bonchev–Trinajstić information content (AvgIpc) is 2.09. The molecule has 0 saturated heterocycles. The topological polar surface area (TPSA) is 46.2 Å². The normalized spacial score (nSPS) is 15.2. The Morgan fingerprint density at radius 2 is 2.14 bits per heavy atom. The summed E-state index contributed by atoms with van der Waals surface area (Å²) in [6.07, 6.45) is 0.355. The number of hydrogen-bond acceptors (Lipinski definition) is 2. The van der Waals surface area contributed by atoms with Crippen molar-refractivity contribution in [2.75, 3.05) is 6.54 Å². The highest BCUT2D eigenvalue weighted by Gasteiger charge is 2.25. The molecule has 0 aliphatic carbocycles. The number of aryl methyl sites for hydroxylation is 1. The van der Waals surface area contributed by atoms with Crippen LogP contribution in [-0.2, 0) is 5.60 Å². The molecular formula is C11H16FNO. The third-order valence-corrected chi connectivity index (χ3v) is 2.33. The number of hydrogen-bond donors (Lipinski definition) is 2. The van der Waals surface area contributed by atoms with Gasteiger partial charge in [-0.1, -0.05) is 17.7 Å². The fraction of sp³-hybridized carbons (Fsp3) is 0.455. The maximum Gasteiger partial charge on any atom is 0.129 e. The number of halogens is 1. The van der Waals surface area contributed by atoms with E-state index in [2.05, 4.69) is 0 Å². The quantitative estimate of drug-likeness (QED) is 0.774. The van der Waals surface area contributed by atoms with E-state index >= 15 is 0 Å². The van der Waals surface area contributed by atoms with Gasteiger partial charge < -0.3 is 10.8 Å². The summed E-state index contributed by atoms with van der Waals surface area (Å²) in [6.45, 7) is 3.78. The van der Waals surface area contributed by atoms with Gasteiger partial charge in [-0.05, 0) is 32.9 Å². The molecule has 0 aliphatic rings. The molecular weight excluding hydrogens is 181 g/mol. The summed E-state index contributed by atoms with van der Waals surface area (Å²) in [5.74, 6) is -0.381. The minimum Gasteiger partial charge on any atom is -0.385 e. The predicted molar refractivity (Wildman–Crippen MR) is 54.4 cm³/mol. The summed E-state index contributed by atoms with van der Waals surface area (Å²) in [4.78, 5) is 0. The lowest BCUT2D eigenvalue weighted by molar-refractivity contribution is 0.0466. The summed E-state index contributed by atoms with van der Waals surface area (Å²) < 4.78 is 13.4. The van der Waals surface area contributed by atoms with E-state index in [1.54, 1.807) is 19.1 Å². The molecule has 1 aromatic carbocycles. The minimum absolute atomic E-state index is 0.322. The van der Waals surface area contributed by atoms with Gasteiger partial charge in [0.15, 0.2) is 0 Å². The van der Waals surface area contributed by atoms with Crippen molar-refractivity contribution in [2.45, 2.75) is 25.9 Å². The molecule has 1 rings (SSSR count). The molecule has 0 heterocycles. The van der Waals surface area contributed by atoms with Crippen molar-refractivity contribution in [3.05, 3.63) is 35.1 Å². The van der Waals surface area contributed by atoms with Crippen LogP contribution in [0.25, 0.3) is 0 Å². The second-order valence-electron chi connectivity index (χ2n) is 3.80. The number of aliphatic hydroxyl groups is 1. The van der Waals surface area contributed by atoms with Gasteiger partial charge in [-0.2, -0.15) is 0 Å². The van der Waals surface area contributed by atoms with Crippen molar-refractivity contribution in [3.8, 4) is 0 Å². The SMILES string of the molecule is Cc1ccc(F)c(C(C)(O)CCN)c1.